The van der Waals surface area contributed by atoms with E-state index in [-0.39, 0.29) is 5.95 Å². The summed E-state index contributed by atoms with van der Waals surface area (Å²) >= 11 is 0. The number of aromatic nitrogens is 4. The summed E-state index contributed by atoms with van der Waals surface area (Å²) in [5.41, 5.74) is 2.04. The molecule has 0 aliphatic carbocycles. The Bertz CT molecular complexity index is 872. The number of pyridine rings is 1. The first-order valence-electron chi connectivity index (χ1n) is 8.12. The lowest BCUT2D eigenvalue weighted by Crippen LogP contribution is -2.10. The smallest absolute Gasteiger partial charge is 0.340 e. The summed E-state index contributed by atoms with van der Waals surface area (Å²) in [4.78, 5) is 20.4. The predicted molar refractivity (Wildman–Crippen MR) is 97.1 cm³/mol. The van der Waals surface area contributed by atoms with E-state index in [0.717, 1.165) is 5.56 Å². The van der Waals surface area contributed by atoms with Crippen LogP contribution in [0.25, 0.3) is 0 Å². The minimum atomic E-state index is -0.407. The first-order valence-corrected chi connectivity index (χ1v) is 8.12. The second kappa shape index (κ2) is 8.52. The Labute approximate surface area is 150 Å². The van der Waals surface area contributed by atoms with Gasteiger partial charge in [-0.2, -0.15) is 10.1 Å². The van der Waals surface area contributed by atoms with Crippen LogP contribution in [0.3, 0.4) is 0 Å². The van der Waals surface area contributed by atoms with Crippen LogP contribution in [0.4, 0.5) is 17.5 Å². The monoisotopic (exact) mass is 350 g/mol. The molecule has 0 bridgehead atoms. The van der Waals surface area contributed by atoms with Gasteiger partial charge in [-0.05, 0) is 36.8 Å². The summed E-state index contributed by atoms with van der Waals surface area (Å²) < 4.78 is 5.06. The SMILES string of the molecule is CCOC(=O)c1ccccc1Nc1nncc(NCc2ccncc2)n1. The number of hydrogen-bond acceptors (Lipinski definition) is 8. The Balaban J connectivity index is 1.72. The molecule has 1 aromatic carbocycles. The molecule has 0 amide bonds. The summed E-state index contributed by atoms with van der Waals surface area (Å²) in [7, 11) is 0. The molecular formula is C18H18N6O2. The van der Waals surface area contributed by atoms with Gasteiger partial charge in [0.25, 0.3) is 0 Å². The van der Waals surface area contributed by atoms with Crippen molar-refractivity contribution in [1.82, 2.24) is 20.2 Å². The fourth-order valence-electron chi connectivity index (χ4n) is 2.23. The molecule has 2 aromatic heterocycles. The first kappa shape index (κ1) is 17.3. The topological polar surface area (TPSA) is 102 Å². The van der Waals surface area contributed by atoms with Crippen molar-refractivity contribution in [1.29, 1.82) is 0 Å². The molecule has 0 fully saturated rings. The van der Waals surface area contributed by atoms with Gasteiger partial charge in [-0.15, -0.1) is 5.10 Å². The molecule has 132 valence electrons. The summed E-state index contributed by atoms with van der Waals surface area (Å²) in [6, 6.07) is 10.8. The largest absolute Gasteiger partial charge is 0.462 e. The minimum Gasteiger partial charge on any atom is -0.462 e. The maximum Gasteiger partial charge on any atom is 0.340 e. The summed E-state index contributed by atoms with van der Waals surface area (Å²) in [6.07, 6.45) is 4.99. The molecule has 0 radical (unpaired) electrons. The van der Waals surface area contributed by atoms with Gasteiger partial charge in [0.2, 0.25) is 5.95 Å². The van der Waals surface area contributed by atoms with E-state index in [1.807, 2.05) is 18.2 Å². The highest BCUT2D eigenvalue weighted by Crippen LogP contribution is 2.20. The average molecular weight is 350 g/mol. The number of nitrogens with one attached hydrogen (secondary N) is 2. The Morgan fingerprint density at radius 3 is 2.77 bits per heavy atom. The molecule has 0 saturated heterocycles. The van der Waals surface area contributed by atoms with Gasteiger partial charge in [0.15, 0.2) is 5.82 Å². The Kier molecular flexibility index (Phi) is 5.66. The van der Waals surface area contributed by atoms with Gasteiger partial charge in [-0.25, -0.2) is 4.79 Å². The third-order valence-electron chi connectivity index (χ3n) is 3.45. The second-order valence-electron chi connectivity index (χ2n) is 5.27. The van der Waals surface area contributed by atoms with Gasteiger partial charge in [0, 0.05) is 18.9 Å². The number of carbonyl (C=O) groups is 1. The van der Waals surface area contributed by atoms with E-state index in [0.29, 0.717) is 30.2 Å². The van der Waals surface area contributed by atoms with Crippen LogP contribution in [0.15, 0.2) is 55.0 Å². The number of para-hydroxylation sites is 1. The molecule has 2 N–H and O–H groups in total. The fourth-order valence-corrected chi connectivity index (χ4v) is 2.23. The molecule has 8 heteroatoms. The molecular weight excluding hydrogens is 332 g/mol. The number of hydrogen-bond donors (Lipinski definition) is 2. The van der Waals surface area contributed by atoms with Gasteiger partial charge in [-0.3, -0.25) is 4.98 Å². The normalized spacial score (nSPS) is 10.2. The number of benzene rings is 1. The summed E-state index contributed by atoms with van der Waals surface area (Å²) in [5, 5.41) is 14.1. The van der Waals surface area contributed by atoms with Crippen LogP contribution in [0.2, 0.25) is 0 Å². The van der Waals surface area contributed by atoms with Crippen LogP contribution in [0.1, 0.15) is 22.8 Å². The van der Waals surface area contributed by atoms with Crippen molar-refractivity contribution in [2.24, 2.45) is 0 Å². The van der Waals surface area contributed by atoms with Crippen molar-refractivity contribution in [3.8, 4) is 0 Å². The van der Waals surface area contributed by atoms with Crippen molar-refractivity contribution in [2.45, 2.75) is 13.5 Å². The van der Waals surface area contributed by atoms with Crippen molar-refractivity contribution < 1.29 is 9.53 Å². The molecule has 0 spiro atoms. The lowest BCUT2D eigenvalue weighted by molar-refractivity contribution is 0.0527. The van der Waals surface area contributed by atoms with E-state index in [4.69, 9.17) is 4.74 Å². The molecule has 3 aromatic rings. The van der Waals surface area contributed by atoms with Gasteiger partial charge in [0.05, 0.1) is 24.1 Å². The highest BCUT2D eigenvalue weighted by atomic mass is 16.5. The Hall–Kier alpha value is -3.55. The molecule has 0 saturated carbocycles. The lowest BCUT2D eigenvalue weighted by Gasteiger charge is -2.10. The number of ether oxygens (including phenoxy) is 1. The van der Waals surface area contributed by atoms with Crippen molar-refractivity contribution >= 4 is 23.4 Å². The maximum atomic E-state index is 12.0. The first-order chi connectivity index (χ1) is 12.8. The number of nitrogens with zero attached hydrogens (tertiary/aromatic N) is 4. The van der Waals surface area contributed by atoms with Crippen molar-refractivity contribution in [3.05, 3.63) is 66.1 Å². The van der Waals surface area contributed by atoms with Gasteiger partial charge in [-0.1, -0.05) is 12.1 Å². The molecule has 3 rings (SSSR count). The zero-order valence-corrected chi connectivity index (χ0v) is 14.2. The van der Waals surface area contributed by atoms with Gasteiger partial charge >= 0.3 is 5.97 Å². The lowest BCUT2D eigenvalue weighted by atomic mass is 10.2. The minimum absolute atomic E-state index is 0.279. The standard InChI is InChI=1S/C18H18N6O2/c1-2-26-17(25)14-5-3-4-6-15(14)22-18-23-16(12-21-24-18)20-11-13-7-9-19-10-8-13/h3-10,12H,2,11H2,1H3,(H2,20,22,23,24). The van der Waals surface area contributed by atoms with E-state index >= 15 is 0 Å². The predicted octanol–water partition coefficient (Wildman–Crippen LogP) is 2.80. The molecule has 0 aliphatic heterocycles. The van der Waals surface area contributed by atoms with Gasteiger partial charge in [0.1, 0.15) is 0 Å². The van der Waals surface area contributed by atoms with E-state index in [9.17, 15) is 4.79 Å². The van der Waals surface area contributed by atoms with Crippen molar-refractivity contribution in [2.75, 3.05) is 17.2 Å². The number of carbonyl (C=O) groups excluding carboxylic acids is 1. The van der Waals surface area contributed by atoms with Crippen LogP contribution in [-0.2, 0) is 11.3 Å². The summed E-state index contributed by atoms with van der Waals surface area (Å²) in [6.45, 7) is 2.65. The van der Waals surface area contributed by atoms with Crippen LogP contribution < -0.4 is 10.6 Å². The molecule has 26 heavy (non-hydrogen) atoms. The second-order valence-corrected chi connectivity index (χ2v) is 5.27. The molecule has 0 atom stereocenters. The van der Waals surface area contributed by atoms with Crippen LogP contribution in [0, 0.1) is 0 Å². The van der Waals surface area contributed by atoms with Crippen molar-refractivity contribution in [3.63, 3.8) is 0 Å². The Morgan fingerprint density at radius 2 is 1.96 bits per heavy atom. The van der Waals surface area contributed by atoms with Crippen LogP contribution >= 0.6 is 0 Å². The number of esters is 1. The molecule has 8 nitrogen and oxygen atoms in total. The van der Waals surface area contributed by atoms with E-state index in [2.05, 4.69) is 30.8 Å². The maximum absolute atomic E-state index is 12.0. The highest BCUT2D eigenvalue weighted by Gasteiger charge is 2.13. The fraction of sp³-hybridized carbons (Fsp3) is 0.167. The third-order valence-corrected chi connectivity index (χ3v) is 3.45. The number of anilines is 3. The van der Waals surface area contributed by atoms with Crippen LogP contribution in [0.5, 0.6) is 0 Å². The molecule has 0 aliphatic rings. The number of rotatable bonds is 7. The average Bonchev–Trinajstić information content (AvgIpc) is 2.68. The van der Waals surface area contributed by atoms with E-state index in [1.165, 1.54) is 6.20 Å². The third kappa shape index (κ3) is 4.50. The quantitative estimate of drug-likeness (QED) is 0.627. The summed E-state index contributed by atoms with van der Waals surface area (Å²) in [5.74, 6) is 0.435. The molecule has 0 unspecified atom stereocenters. The highest BCUT2D eigenvalue weighted by molar-refractivity contribution is 5.96. The van der Waals surface area contributed by atoms with E-state index in [1.54, 1.807) is 37.5 Å². The van der Waals surface area contributed by atoms with Crippen LogP contribution in [-0.4, -0.2) is 32.7 Å². The van der Waals surface area contributed by atoms with Gasteiger partial charge < -0.3 is 15.4 Å². The molecule has 2 heterocycles. The zero-order chi connectivity index (χ0) is 18.2. The Morgan fingerprint density at radius 1 is 1.15 bits per heavy atom. The van der Waals surface area contributed by atoms with E-state index < -0.39 is 5.97 Å². The zero-order valence-electron chi connectivity index (χ0n) is 14.2.